The molecule has 11 heteroatoms. The molecule has 33 heavy (non-hydrogen) atoms. The Labute approximate surface area is 201 Å². The van der Waals surface area contributed by atoms with Crippen LogP contribution in [-0.2, 0) is 13.1 Å². The lowest BCUT2D eigenvalue weighted by molar-refractivity contribution is 0.126. The zero-order valence-electron chi connectivity index (χ0n) is 17.8. The molecular weight excluding hydrogens is 520 g/mol. The molecule has 0 amide bonds. The Hall–Kier alpha value is -2.56. The van der Waals surface area contributed by atoms with Gasteiger partial charge in [0.05, 0.1) is 42.5 Å². The molecule has 0 saturated carbocycles. The molecule has 7 nitrogen and oxygen atoms in total. The van der Waals surface area contributed by atoms with Crippen LogP contribution >= 0.6 is 27.5 Å². The lowest BCUT2D eigenvalue weighted by atomic mass is 10.0. The van der Waals surface area contributed by atoms with E-state index in [1.165, 1.54) is 4.68 Å². The van der Waals surface area contributed by atoms with Crippen LogP contribution in [0.4, 0.5) is 14.5 Å². The van der Waals surface area contributed by atoms with Crippen LogP contribution in [0.5, 0.6) is 0 Å². The average Bonchev–Trinajstić information content (AvgIpc) is 3.12. The van der Waals surface area contributed by atoms with E-state index in [4.69, 9.17) is 11.6 Å². The lowest BCUT2D eigenvalue weighted by Gasteiger charge is -2.16. The number of nitrogens with one attached hydrogen (secondary N) is 1. The van der Waals surface area contributed by atoms with E-state index in [-0.39, 0.29) is 18.8 Å². The maximum absolute atomic E-state index is 13.5. The zero-order chi connectivity index (χ0) is 23.9. The predicted octanol–water partition coefficient (Wildman–Crippen LogP) is 4.90. The Morgan fingerprint density at radius 2 is 2.00 bits per heavy atom. The molecule has 0 aliphatic rings. The number of pyridine rings is 2. The summed E-state index contributed by atoms with van der Waals surface area (Å²) >= 11 is 9.32. The molecule has 0 bridgehead atoms. The van der Waals surface area contributed by atoms with Gasteiger partial charge in [-0.15, -0.1) is 0 Å². The molecule has 0 aliphatic heterocycles. The highest BCUT2D eigenvalue weighted by Gasteiger charge is 2.25. The summed E-state index contributed by atoms with van der Waals surface area (Å²) < 4.78 is 29.9. The molecule has 0 spiro atoms. The lowest BCUT2D eigenvalue weighted by Crippen LogP contribution is -2.26. The van der Waals surface area contributed by atoms with Crippen LogP contribution in [0.2, 0.25) is 5.15 Å². The third kappa shape index (κ3) is 4.47. The van der Waals surface area contributed by atoms with Crippen molar-refractivity contribution in [2.24, 2.45) is 0 Å². The number of alkyl halides is 2. The van der Waals surface area contributed by atoms with Gasteiger partial charge in [0, 0.05) is 10.8 Å². The number of aliphatic hydroxyl groups is 1. The van der Waals surface area contributed by atoms with Gasteiger partial charge in [0.25, 0.3) is 12.0 Å². The molecule has 1 unspecified atom stereocenters. The molecule has 174 valence electrons. The first-order valence-electron chi connectivity index (χ1n) is 10.2. The van der Waals surface area contributed by atoms with E-state index in [0.717, 1.165) is 10.1 Å². The summed E-state index contributed by atoms with van der Waals surface area (Å²) in [5.41, 5.74) is 1.80. The summed E-state index contributed by atoms with van der Waals surface area (Å²) in [5.74, 6) is 0. The van der Waals surface area contributed by atoms with Crippen molar-refractivity contribution < 1.29 is 13.9 Å². The molecule has 2 N–H and O–H groups in total. The van der Waals surface area contributed by atoms with Gasteiger partial charge in [-0.2, -0.15) is 5.10 Å². The molecule has 0 fully saturated rings. The number of hydrogen-bond acceptors (Lipinski definition) is 5. The van der Waals surface area contributed by atoms with Gasteiger partial charge in [0.15, 0.2) is 0 Å². The van der Waals surface area contributed by atoms with Gasteiger partial charge in [-0.25, -0.2) is 18.4 Å². The first-order valence-corrected chi connectivity index (χ1v) is 11.4. The quantitative estimate of drug-likeness (QED) is 0.326. The monoisotopic (exact) mass is 539 g/mol. The van der Waals surface area contributed by atoms with Crippen molar-refractivity contribution in [1.82, 2.24) is 19.3 Å². The van der Waals surface area contributed by atoms with Crippen LogP contribution in [0.3, 0.4) is 0 Å². The van der Waals surface area contributed by atoms with E-state index >= 15 is 0 Å². The van der Waals surface area contributed by atoms with Crippen LogP contribution in [-0.4, -0.2) is 37.5 Å². The second kappa shape index (κ2) is 9.36. The first-order chi connectivity index (χ1) is 15.7. The van der Waals surface area contributed by atoms with E-state index in [1.807, 2.05) is 26.0 Å². The maximum atomic E-state index is 13.5. The normalized spacial score (nSPS) is 12.7. The van der Waals surface area contributed by atoms with Crippen LogP contribution < -0.4 is 10.9 Å². The zero-order valence-corrected chi connectivity index (χ0v) is 20.2. The minimum Gasteiger partial charge on any atom is -0.394 e. The van der Waals surface area contributed by atoms with E-state index in [0.29, 0.717) is 37.3 Å². The van der Waals surface area contributed by atoms with Crippen LogP contribution in [0.15, 0.2) is 39.7 Å². The molecular formula is C22H21BrClF2N5O2. The van der Waals surface area contributed by atoms with E-state index in [1.54, 1.807) is 18.2 Å². The van der Waals surface area contributed by atoms with Gasteiger partial charge in [-0.05, 0) is 48.0 Å². The average molecular weight is 541 g/mol. The highest BCUT2D eigenvalue weighted by Crippen LogP contribution is 2.33. The Kier molecular flexibility index (Phi) is 6.69. The van der Waals surface area contributed by atoms with E-state index < -0.39 is 24.6 Å². The van der Waals surface area contributed by atoms with Gasteiger partial charge in [-0.3, -0.25) is 9.36 Å². The topological polar surface area (TPSA) is 85.0 Å². The van der Waals surface area contributed by atoms with E-state index in [2.05, 4.69) is 31.3 Å². The molecule has 0 radical (unpaired) electrons. The van der Waals surface area contributed by atoms with Crippen molar-refractivity contribution in [3.63, 3.8) is 0 Å². The van der Waals surface area contributed by atoms with Crippen LogP contribution in [0.1, 0.15) is 24.2 Å². The second-order valence-electron chi connectivity index (χ2n) is 7.72. The SMILES string of the molecule is Cc1ccc2c(c1)c(=O)n(CC(F)F)c1c2c(C(C)Nc2ccc(Cl)nc2Br)nn1CCO. The number of fused-ring (bicyclic) bond motifs is 3. The fraction of sp³-hybridized carbons (Fsp3) is 0.318. The number of anilines is 1. The fourth-order valence-electron chi connectivity index (χ4n) is 3.98. The highest BCUT2D eigenvalue weighted by molar-refractivity contribution is 9.10. The van der Waals surface area contributed by atoms with Gasteiger partial charge < -0.3 is 10.4 Å². The molecule has 1 aromatic carbocycles. The number of rotatable bonds is 7. The van der Waals surface area contributed by atoms with Gasteiger partial charge in [0.1, 0.15) is 15.4 Å². The molecule has 4 aromatic rings. The molecule has 4 rings (SSSR count). The van der Waals surface area contributed by atoms with Gasteiger partial charge in [-0.1, -0.05) is 29.3 Å². The number of aromatic nitrogens is 4. The first kappa shape index (κ1) is 23.6. The van der Waals surface area contributed by atoms with Crippen molar-refractivity contribution in [3.8, 4) is 0 Å². The molecule has 3 heterocycles. The fourth-order valence-corrected chi connectivity index (χ4v) is 4.67. The van der Waals surface area contributed by atoms with E-state index in [9.17, 15) is 18.7 Å². The van der Waals surface area contributed by atoms with Gasteiger partial charge in [0.2, 0.25) is 0 Å². The largest absolute Gasteiger partial charge is 0.394 e. The van der Waals surface area contributed by atoms with Gasteiger partial charge >= 0.3 is 0 Å². The number of halogens is 4. The highest BCUT2D eigenvalue weighted by atomic mass is 79.9. The van der Waals surface area contributed by atoms with Crippen molar-refractivity contribution in [2.75, 3.05) is 11.9 Å². The molecule has 1 atom stereocenters. The molecule has 0 saturated heterocycles. The Morgan fingerprint density at radius 3 is 2.67 bits per heavy atom. The minimum atomic E-state index is -2.74. The predicted molar refractivity (Wildman–Crippen MR) is 128 cm³/mol. The number of hydrogen-bond donors (Lipinski definition) is 2. The standard InChI is InChI=1S/C22H21BrClF2N5O2/c1-11-3-4-13-14(9-11)22(33)30(10-17(25)26)21-18(13)19(29-31(21)7-8-32)12(2)27-15-5-6-16(24)28-20(15)23/h3-6,9,12,17,27,32H,7-8,10H2,1-2H3. The maximum Gasteiger partial charge on any atom is 0.260 e. The van der Waals surface area contributed by atoms with Crippen molar-refractivity contribution in [2.45, 2.75) is 39.4 Å². The third-order valence-electron chi connectivity index (χ3n) is 5.36. The second-order valence-corrected chi connectivity index (χ2v) is 8.86. The number of benzene rings is 1. The summed E-state index contributed by atoms with van der Waals surface area (Å²) in [4.78, 5) is 17.4. The molecule has 3 aromatic heterocycles. The Bertz CT molecular complexity index is 1410. The van der Waals surface area contributed by atoms with Crippen LogP contribution in [0.25, 0.3) is 21.8 Å². The Morgan fingerprint density at radius 1 is 1.24 bits per heavy atom. The van der Waals surface area contributed by atoms with Crippen LogP contribution in [0, 0.1) is 6.92 Å². The van der Waals surface area contributed by atoms with Crippen molar-refractivity contribution in [3.05, 3.63) is 61.7 Å². The number of nitrogens with zero attached hydrogens (tertiary/aromatic N) is 4. The summed E-state index contributed by atoms with van der Waals surface area (Å²) in [6.45, 7) is 2.72. The summed E-state index contributed by atoms with van der Waals surface area (Å²) in [5, 5.41) is 19.4. The summed E-state index contributed by atoms with van der Waals surface area (Å²) in [6, 6.07) is 8.38. The summed E-state index contributed by atoms with van der Waals surface area (Å²) in [6.07, 6.45) is -2.74. The smallest absolute Gasteiger partial charge is 0.260 e. The van der Waals surface area contributed by atoms with Crippen molar-refractivity contribution in [1.29, 1.82) is 0 Å². The van der Waals surface area contributed by atoms with Crippen molar-refractivity contribution >= 4 is 55.0 Å². The summed E-state index contributed by atoms with van der Waals surface area (Å²) in [7, 11) is 0. The minimum absolute atomic E-state index is 0.0511. The number of aryl methyl sites for hydroxylation is 1. The third-order valence-corrected chi connectivity index (χ3v) is 6.17. The Balaban J connectivity index is 2.01. The molecule has 0 aliphatic carbocycles. The number of aliphatic hydroxyl groups excluding tert-OH is 1.